The van der Waals surface area contributed by atoms with E-state index in [0.717, 1.165) is 6.92 Å². The summed E-state index contributed by atoms with van der Waals surface area (Å²) in [5.74, 6) is 0. The summed E-state index contributed by atoms with van der Waals surface area (Å²) in [5, 5.41) is 0.336. The average Bonchev–Trinajstić information content (AvgIpc) is 2.24. The fourth-order valence-electron chi connectivity index (χ4n) is 1.31. The molecule has 2 N–H and O–H groups in total. The van der Waals surface area contributed by atoms with Crippen molar-refractivity contribution >= 4 is 31.7 Å². The lowest BCUT2D eigenvalue weighted by Crippen LogP contribution is -2.27. The molecular formula is C11H12O6S2. The molecule has 1 aromatic rings. The minimum atomic E-state index is -4.67. The van der Waals surface area contributed by atoms with Crippen LogP contribution in [0.3, 0.4) is 0 Å². The van der Waals surface area contributed by atoms with Gasteiger partial charge in [0.1, 0.15) is 4.91 Å². The highest BCUT2D eigenvalue weighted by atomic mass is 32.2. The van der Waals surface area contributed by atoms with Crippen molar-refractivity contribution in [2.75, 3.05) is 0 Å². The van der Waals surface area contributed by atoms with E-state index in [1.807, 2.05) is 0 Å². The fraction of sp³-hybridized carbons (Fsp3) is 0.0909. The van der Waals surface area contributed by atoms with Crippen LogP contribution in [0.25, 0.3) is 11.5 Å². The molecule has 0 radical (unpaired) electrons. The molecular weight excluding hydrogens is 292 g/mol. The van der Waals surface area contributed by atoms with Crippen molar-refractivity contribution in [3.8, 4) is 0 Å². The van der Waals surface area contributed by atoms with E-state index in [1.54, 1.807) is 6.07 Å². The zero-order valence-corrected chi connectivity index (χ0v) is 11.6. The lowest BCUT2D eigenvalue weighted by molar-refractivity contribution is 0.491. The molecule has 1 aromatic carbocycles. The Kier molecular flexibility index (Phi) is 4.31. The van der Waals surface area contributed by atoms with Gasteiger partial charge in [0.2, 0.25) is 0 Å². The van der Waals surface area contributed by atoms with Crippen LogP contribution in [-0.4, -0.2) is 25.9 Å². The minimum absolute atomic E-state index is 0.0491. The van der Waals surface area contributed by atoms with Crippen LogP contribution >= 0.6 is 0 Å². The summed E-state index contributed by atoms with van der Waals surface area (Å²) < 4.78 is 62.4. The van der Waals surface area contributed by atoms with Gasteiger partial charge in [-0.25, -0.2) is 0 Å². The van der Waals surface area contributed by atoms with Gasteiger partial charge in [0.15, 0.2) is 0 Å². The molecule has 0 heterocycles. The topological polar surface area (TPSA) is 109 Å². The van der Waals surface area contributed by atoms with Gasteiger partial charge in [-0.2, -0.15) is 16.8 Å². The third kappa shape index (κ3) is 4.00. The van der Waals surface area contributed by atoms with E-state index in [2.05, 4.69) is 6.58 Å². The maximum absolute atomic E-state index is 11.3. The van der Waals surface area contributed by atoms with E-state index in [0.29, 0.717) is 6.08 Å². The summed E-state index contributed by atoms with van der Waals surface area (Å²) in [6.45, 7) is 4.59. The largest absolute Gasteiger partial charge is 0.295 e. The number of hydrogen-bond acceptors (Lipinski definition) is 4. The Morgan fingerprint density at radius 3 is 2.05 bits per heavy atom. The zero-order chi connectivity index (χ0) is 14.8. The monoisotopic (exact) mass is 304 g/mol. The first-order valence-electron chi connectivity index (χ1n) is 4.95. The number of benzene rings is 1. The van der Waals surface area contributed by atoms with Crippen molar-refractivity contribution in [3.63, 3.8) is 0 Å². The number of hydrogen-bond donors (Lipinski definition) is 2. The molecule has 0 aliphatic rings. The molecule has 0 atom stereocenters. The normalized spacial score (nSPS) is 15.2. The van der Waals surface area contributed by atoms with Gasteiger partial charge in [-0.05, 0) is 18.2 Å². The Morgan fingerprint density at radius 1 is 1.11 bits per heavy atom. The Labute approximate surface area is 110 Å². The summed E-state index contributed by atoms with van der Waals surface area (Å²) in [6.07, 6.45) is 0.675. The highest BCUT2D eigenvalue weighted by molar-refractivity contribution is 7.95. The molecule has 6 nitrogen and oxygen atoms in total. The van der Waals surface area contributed by atoms with Gasteiger partial charge in [-0.3, -0.25) is 9.11 Å². The third-order valence-electron chi connectivity index (χ3n) is 2.30. The second-order valence-corrected chi connectivity index (χ2v) is 6.71. The van der Waals surface area contributed by atoms with E-state index in [4.69, 9.17) is 9.11 Å². The average molecular weight is 304 g/mol. The number of allylic oxidation sites excluding steroid dienone is 1. The highest BCUT2D eigenvalue weighted by Gasteiger charge is 2.16. The minimum Gasteiger partial charge on any atom is -0.282 e. The van der Waals surface area contributed by atoms with Gasteiger partial charge < -0.3 is 0 Å². The van der Waals surface area contributed by atoms with E-state index in [1.165, 1.54) is 18.2 Å². The van der Waals surface area contributed by atoms with Crippen LogP contribution in [0.5, 0.6) is 0 Å². The molecule has 0 aliphatic carbocycles. The molecule has 0 aromatic heterocycles. The Morgan fingerprint density at radius 2 is 1.63 bits per heavy atom. The predicted octanol–water partition coefficient (Wildman–Crippen LogP) is -0.115. The van der Waals surface area contributed by atoms with Gasteiger partial charge in [0.25, 0.3) is 20.2 Å². The molecule has 104 valence electrons. The van der Waals surface area contributed by atoms with Gasteiger partial charge >= 0.3 is 0 Å². The SMILES string of the molecule is C=c1cccc/c1=C(/C=C(\C)S(=O)(=O)O)S(=O)(=O)O. The first-order chi connectivity index (χ1) is 8.53. The lowest BCUT2D eigenvalue weighted by atomic mass is 10.2. The van der Waals surface area contributed by atoms with E-state index < -0.39 is 30.0 Å². The summed E-state index contributed by atoms with van der Waals surface area (Å²) in [6, 6.07) is 5.97. The molecule has 0 amide bonds. The molecule has 8 heteroatoms. The molecule has 0 fully saturated rings. The zero-order valence-electron chi connectivity index (χ0n) is 9.94. The molecule has 0 saturated heterocycles. The van der Waals surface area contributed by atoms with Crippen LogP contribution in [-0.2, 0) is 20.2 Å². The van der Waals surface area contributed by atoms with Crippen molar-refractivity contribution in [2.45, 2.75) is 6.92 Å². The van der Waals surface area contributed by atoms with E-state index in [-0.39, 0.29) is 10.4 Å². The smallest absolute Gasteiger partial charge is 0.282 e. The number of rotatable bonds is 3. The summed E-state index contributed by atoms with van der Waals surface area (Å²) >= 11 is 0. The Balaban J connectivity index is 3.87. The van der Waals surface area contributed by atoms with Crippen LogP contribution in [0.15, 0.2) is 35.2 Å². The third-order valence-corrected chi connectivity index (χ3v) is 4.13. The lowest BCUT2D eigenvalue weighted by Gasteiger charge is -2.01. The van der Waals surface area contributed by atoms with Crippen molar-refractivity contribution < 1.29 is 25.9 Å². The molecule has 0 unspecified atom stereocenters. The Hall–Kier alpha value is -1.48. The molecule has 0 spiro atoms. The highest BCUT2D eigenvalue weighted by Crippen LogP contribution is 2.12. The molecule has 0 bridgehead atoms. The fourth-order valence-corrected chi connectivity index (χ4v) is 2.46. The van der Waals surface area contributed by atoms with Gasteiger partial charge in [-0.15, -0.1) is 0 Å². The van der Waals surface area contributed by atoms with Crippen LogP contribution in [0.1, 0.15) is 6.92 Å². The molecule has 0 saturated carbocycles. The van der Waals surface area contributed by atoms with Crippen LogP contribution in [0.2, 0.25) is 0 Å². The van der Waals surface area contributed by atoms with Crippen LogP contribution in [0.4, 0.5) is 0 Å². The maximum Gasteiger partial charge on any atom is 0.295 e. The van der Waals surface area contributed by atoms with Gasteiger partial charge in [0.05, 0.1) is 4.91 Å². The van der Waals surface area contributed by atoms with E-state index >= 15 is 0 Å². The quantitative estimate of drug-likeness (QED) is 0.754. The summed E-state index contributed by atoms with van der Waals surface area (Å²) in [7, 11) is -9.21. The van der Waals surface area contributed by atoms with Gasteiger partial charge in [0, 0.05) is 5.22 Å². The van der Waals surface area contributed by atoms with E-state index in [9.17, 15) is 16.8 Å². The van der Waals surface area contributed by atoms with Crippen molar-refractivity contribution in [3.05, 3.63) is 45.7 Å². The van der Waals surface area contributed by atoms with Crippen molar-refractivity contribution in [2.24, 2.45) is 0 Å². The predicted molar refractivity (Wildman–Crippen MR) is 71.5 cm³/mol. The maximum atomic E-state index is 11.3. The van der Waals surface area contributed by atoms with Crippen LogP contribution < -0.4 is 10.4 Å². The first kappa shape index (κ1) is 15.6. The van der Waals surface area contributed by atoms with Crippen molar-refractivity contribution in [1.82, 2.24) is 0 Å². The van der Waals surface area contributed by atoms with Gasteiger partial charge in [-0.1, -0.05) is 30.8 Å². The molecule has 1 rings (SSSR count). The molecule has 19 heavy (non-hydrogen) atoms. The second kappa shape index (κ2) is 5.25. The Bertz CT molecular complexity index is 831. The molecule has 0 aliphatic heterocycles. The van der Waals surface area contributed by atoms with Crippen LogP contribution in [0, 0.1) is 0 Å². The van der Waals surface area contributed by atoms with Crippen molar-refractivity contribution in [1.29, 1.82) is 0 Å². The standard InChI is InChI=1S/C11H12O6S2/c1-8-5-3-4-6-10(8)11(19(15,16)17)7-9(2)18(12,13)14/h3-7H,1H2,2H3,(H,12,13,14)(H,15,16,17)/b9-7+,11-10+. The first-order valence-corrected chi connectivity index (χ1v) is 7.83. The second-order valence-electron chi connectivity index (χ2n) is 3.73. The summed E-state index contributed by atoms with van der Waals surface area (Å²) in [4.78, 5) is -1.25. The summed E-state index contributed by atoms with van der Waals surface area (Å²) in [5.41, 5.74) is 0.